The number of nitrogens with one attached hydrogen (secondary N) is 1. The van der Waals surface area contributed by atoms with Crippen LogP contribution in [0.1, 0.15) is 17.5 Å². The third kappa shape index (κ3) is 4.29. The minimum atomic E-state index is 0.0283. The van der Waals surface area contributed by atoms with Crippen LogP contribution < -0.4 is 5.32 Å². The third-order valence-corrected chi connectivity index (χ3v) is 4.30. The molecule has 1 unspecified atom stereocenters. The van der Waals surface area contributed by atoms with Crippen molar-refractivity contribution >= 4 is 5.91 Å². The largest absolute Gasteiger partial charge is 0.381 e. The summed E-state index contributed by atoms with van der Waals surface area (Å²) in [7, 11) is 0. The van der Waals surface area contributed by atoms with E-state index in [1.165, 1.54) is 5.56 Å². The van der Waals surface area contributed by atoms with Crippen molar-refractivity contribution in [2.24, 2.45) is 5.92 Å². The Bertz CT molecular complexity index is 477. The summed E-state index contributed by atoms with van der Waals surface area (Å²) < 4.78 is 10.6. The summed E-state index contributed by atoms with van der Waals surface area (Å²) >= 11 is 0. The van der Waals surface area contributed by atoms with Crippen LogP contribution in [0.4, 0.5) is 0 Å². The van der Waals surface area contributed by atoms with Gasteiger partial charge in [0.2, 0.25) is 5.91 Å². The summed E-state index contributed by atoms with van der Waals surface area (Å²) in [5.74, 6) is 0.135. The van der Waals surface area contributed by atoms with Crippen LogP contribution in [-0.2, 0) is 27.4 Å². The molecular formula is C17H24N2O3. The van der Waals surface area contributed by atoms with E-state index in [-0.39, 0.29) is 11.8 Å². The molecule has 0 bridgehead atoms. The Balaban J connectivity index is 1.45. The Labute approximate surface area is 131 Å². The molecule has 1 N–H and O–H groups in total. The number of carbonyl (C=O) groups excluding carboxylic acids is 1. The van der Waals surface area contributed by atoms with Crippen molar-refractivity contribution < 1.29 is 14.3 Å². The topological polar surface area (TPSA) is 50.8 Å². The molecule has 1 amide bonds. The van der Waals surface area contributed by atoms with E-state index in [0.29, 0.717) is 19.8 Å². The van der Waals surface area contributed by atoms with E-state index < -0.39 is 0 Å². The molecule has 1 atom stereocenters. The van der Waals surface area contributed by atoms with E-state index in [2.05, 4.69) is 34.5 Å². The lowest BCUT2D eigenvalue weighted by atomic mass is 10.1. The number of benzene rings is 1. The summed E-state index contributed by atoms with van der Waals surface area (Å²) in [5.41, 5.74) is 2.44. The average molecular weight is 304 g/mol. The molecule has 0 aromatic heterocycles. The zero-order valence-corrected chi connectivity index (χ0v) is 12.9. The van der Waals surface area contributed by atoms with Gasteiger partial charge in [-0.05, 0) is 17.5 Å². The molecule has 0 radical (unpaired) electrons. The van der Waals surface area contributed by atoms with Crippen LogP contribution in [0, 0.1) is 5.92 Å². The predicted octanol–water partition coefficient (Wildman–Crippen LogP) is 1.17. The van der Waals surface area contributed by atoms with Gasteiger partial charge in [-0.3, -0.25) is 9.69 Å². The quantitative estimate of drug-likeness (QED) is 0.887. The highest BCUT2D eigenvalue weighted by molar-refractivity contribution is 5.78. The van der Waals surface area contributed by atoms with Crippen molar-refractivity contribution in [2.75, 3.05) is 39.5 Å². The number of rotatable bonds is 5. The molecule has 5 heteroatoms. The lowest BCUT2D eigenvalue weighted by Crippen LogP contribution is -2.35. The SMILES string of the molecule is O=C(NCc1ccc(CN2CCOCC2)cc1)C1CCOC1. The van der Waals surface area contributed by atoms with Gasteiger partial charge in [0.05, 0.1) is 25.7 Å². The molecule has 2 saturated heterocycles. The highest BCUT2D eigenvalue weighted by Crippen LogP contribution is 2.13. The van der Waals surface area contributed by atoms with Gasteiger partial charge < -0.3 is 14.8 Å². The van der Waals surface area contributed by atoms with Gasteiger partial charge in [-0.25, -0.2) is 0 Å². The number of amides is 1. The molecule has 2 aliphatic heterocycles. The van der Waals surface area contributed by atoms with Crippen molar-refractivity contribution in [3.05, 3.63) is 35.4 Å². The van der Waals surface area contributed by atoms with Crippen LogP contribution in [0.5, 0.6) is 0 Å². The zero-order chi connectivity index (χ0) is 15.2. The molecule has 2 aliphatic rings. The summed E-state index contributed by atoms with van der Waals surface area (Å²) in [6, 6.07) is 8.49. The molecule has 0 aliphatic carbocycles. The highest BCUT2D eigenvalue weighted by Gasteiger charge is 2.22. The third-order valence-electron chi connectivity index (χ3n) is 4.30. The Morgan fingerprint density at radius 3 is 2.50 bits per heavy atom. The number of ether oxygens (including phenoxy) is 2. The Hall–Kier alpha value is -1.43. The maximum Gasteiger partial charge on any atom is 0.225 e. The number of nitrogens with zero attached hydrogens (tertiary/aromatic N) is 1. The van der Waals surface area contributed by atoms with Crippen LogP contribution in [0.25, 0.3) is 0 Å². The van der Waals surface area contributed by atoms with Gasteiger partial charge in [0.15, 0.2) is 0 Å². The molecular weight excluding hydrogens is 280 g/mol. The van der Waals surface area contributed by atoms with Crippen LogP contribution >= 0.6 is 0 Å². The second kappa shape index (κ2) is 7.72. The minimum absolute atomic E-state index is 0.0283. The second-order valence-corrected chi connectivity index (χ2v) is 5.98. The van der Waals surface area contributed by atoms with Gasteiger partial charge in [-0.1, -0.05) is 24.3 Å². The standard InChI is InChI=1S/C17H24N2O3/c20-17(16-5-8-22-13-16)18-11-14-1-3-15(4-2-14)12-19-6-9-21-10-7-19/h1-4,16H,5-13H2,(H,18,20). The van der Waals surface area contributed by atoms with E-state index in [1.807, 2.05) is 0 Å². The molecule has 120 valence electrons. The van der Waals surface area contributed by atoms with Gasteiger partial charge >= 0.3 is 0 Å². The van der Waals surface area contributed by atoms with Gasteiger partial charge in [-0.2, -0.15) is 0 Å². The Kier molecular flexibility index (Phi) is 5.43. The fourth-order valence-electron chi connectivity index (χ4n) is 2.85. The predicted molar refractivity (Wildman–Crippen MR) is 83.3 cm³/mol. The number of hydrogen-bond donors (Lipinski definition) is 1. The van der Waals surface area contributed by atoms with Crippen LogP contribution in [0.15, 0.2) is 24.3 Å². The first kappa shape index (κ1) is 15.5. The maximum atomic E-state index is 11.9. The van der Waals surface area contributed by atoms with Crippen molar-refractivity contribution in [2.45, 2.75) is 19.5 Å². The van der Waals surface area contributed by atoms with Gasteiger partial charge in [0.25, 0.3) is 0 Å². The van der Waals surface area contributed by atoms with Crippen molar-refractivity contribution in [3.8, 4) is 0 Å². The summed E-state index contributed by atoms with van der Waals surface area (Å²) in [4.78, 5) is 14.3. The molecule has 0 saturated carbocycles. The molecule has 5 nitrogen and oxygen atoms in total. The second-order valence-electron chi connectivity index (χ2n) is 5.98. The summed E-state index contributed by atoms with van der Waals surface area (Å²) in [5, 5.41) is 3.00. The fourth-order valence-corrected chi connectivity index (χ4v) is 2.85. The van der Waals surface area contributed by atoms with E-state index in [0.717, 1.165) is 44.8 Å². The van der Waals surface area contributed by atoms with Crippen LogP contribution in [0.2, 0.25) is 0 Å². The number of morpholine rings is 1. The highest BCUT2D eigenvalue weighted by atomic mass is 16.5. The van der Waals surface area contributed by atoms with Crippen molar-refractivity contribution in [1.82, 2.24) is 10.2 Å². The number of hydrogen-bond acceptors (Lipinski definition) is 4. The average Bonchev–Trinajstić information content (AvgIpc) is 3.09. The van der Waals surface area contributed by atoms with E-state index >= 15 is 0 Å². The van der Waals surface area contributed by atoms with E-state index in [4.69, 9.17) is 9.47 Å². The fraction of sp³-hybridized carbons (Fsp3) is 0.588. The lowest BCUT2D eigenvalue weighted by Gasteiger charge is -2.26. The van der Waals surface area contributed by atoms with E-state index in [9.17, 15) is 4.79 Å². The van der Waals surface area contributed by atoms with Crippen LogP contribution in [-0.4, -0.2) is 50.3 Å². The van der Waals surface area contributed by atoms with Gasteiger partial charge in [0.1, 0.15) is 0 Å². The molecule has 1 aromatic rings. The molecule has 1 aromatic carbocycles. The maximum absolute atomic E-state index is 11.9. The first-order chi connectivity index (χ1) is 10.8. The van der Waals surface area contributed by atoms with E-state index in [1.54, 1.807) is 0 Å². The summed E-state index contributed by atoms with van der Waals surface area (Å²) in [6.45, 7) is 6.48. The minimum Gasteiger partial charge on any atom is -0.381 e. The van der Waals surface area contributed by atoms with Gasteiger partial charge in [0, 0.05) is 32.8 Å². The Morgan fingerprint density at radius 1 is 1.09 bits per heavy atom. The zero-order valence-electron chi connectivity index (χ0n) is 12.9. The smallest absolute Gasteiger partial charge is 0.225 e. The molecule has 0 spiro atoms. The molecule has 3 rings (SSSR count). The molecule has 22 heavy (non-hydrogen) atoms. The van der Waals surface area contributed by atoms with Crippen LogP contribution in [0.3, 0.4) is 0 Å². The Morgan fingerprint density at radius 2 is 1.82 bits per heavy atom. The van der Waals surface area contributed by atoms with Gasteiger partial charge in [-0.15, -0.1) is 0 Å². The summed E-state index contributed by atoms with van der Waals surface area (Å²) in [6.07, 6.45) is 0.838. The first-order valence-electron chi connectivity index (χ1n) is 8.04. The number of carbonyl (C=O) groups is 1. The monoisotopic (exact) mass is 304 g/mol. The van der Waals surface area contributed by atoms with Crippen molar-refractivity contribution in [3.63, 3.8) is 0 Å². The normalized spacial score (nSPS) is 22.6. The molecule has 2 heterocycles. The molecule has 2 fully saturated rings. The first-order valence-corrected chi connectivity index (χ1v) is 8.04. The lowest BCUT2D eigenvalue weighted by molar-refractivity contribution is -0.125. The van der Waals surface area contributed by atoms with Crippen molar-refractivity contribution in [1.29, 1.82) is 0 Å².